The molecule has 3 rings (SSSR count). The maximum Gasteiger partial charge on any atom is 0.309 e. The van der Waals surface area contributed by atoms with Crippen LogP contribution >= 0.6 is 0 Å². The van der Waals surface area contributed by atoms with Gasteiger partial charge in [0.2, 0.25) is 0 Å². The number of hydrogen-bond donors (Lipinski definition) is 0. The van der Waals surface area contributed by atoms with Crippen LogP contribution in [0.3, 0.4) is 0 Å². The van der Waals surface area contributed by atoms with Crippen molar-refractivity contribution in [1.29, 1.82) is 0 Å². The smallest absolute Gasteiger partial charge is 0.309 e. The first kappa shape index (κ1) is 17.2. The molecule has 0 aromatic rings. The van der Waals surface area contributed by atoms with E-state index in [9.17, 15) is 4.79 Å². The van der Waals surface area contributed by atoms with Crippen LogP contribution in [0.2, 0.25) is 0 Å². The minimum absolute atomic E-state index is 0.0494. The Labute approximate surface area is 141 Å². The van der Waals surface area contributed by atoms with E-state index in [1.165, 1.54) is 0 Å². The molecule has 3 saturated heterocycles. The molecule has 3 aliphatic heterocycles. The molecule has 0 spiro atoms. The normalized spacial score (nSPS) is 41.3. The number of epoxide rings is 1. The number of likely N-dealkylation sites (N-methyl/N-ethyl adjacent to an activating group) is 1. The first-order valence-electron chi connectivity index (χ1n) is 9.64. The predicted molar refractivity (Wildman–Crippen MR) is 90.0 cm³/mol. The Balaban J connectivity index is 1.63. The van der Waals surface area contributed by atoms with Crippen molar-refractivity contribution in [1.82, 2.24) is 0 Å². The molecule has 0 aromatic heterocycles. The van der Waals surface area contributed by atoms with Crippen LogP contribution in [-0.4, -0.2) is 53.9 Å². The van der Waals surface area contributed by atoms with E-state index in [2.05, 4.69) is 34.7 Å². The van der Waals surface area contributed by atoms with Crippen LogP contribution in [0.4, 0.5) is 0 Å². The summed E-state index contributed by atoms with van der Waals surface area (Å²) < 4.78 is 13.0. The van der Waals surface area contributed by atoms with Crippen LogP contribution in [0, 0.1) is 5.92 Å². The van der Waals surface area contributed by atoms with Crippen molar-refractivity contribution < 1.29 is 18.8 Å². The van der Waals surface area contributed by atoms with E-state index in [0.29, 0.717) is 30.3 Å². The number of fused-ring (bicyclic) bond motifs is 5. The zero-order valence-corrected chi connectivity index (χ0v) is 15.5. The van der Waals surface area contributed by atoms with E-state index in [4.69, 9.17) is 9.47 Å². The number of rotatable bonds is 7. The fourth-order valence-corrected chi connectivity index (χ4v) is 5.19. The highest BCUT2D eigenvalue weighted by Gasteiger charge is 2.72. The second-order valence-electron chi connectivity index (χ2n) is 8.32. The second kappa shape index (κ2) is 6.36. The summed E-state index contributed by atoms with van der Waals surface area (Å²) in [5.74, 6) is 0.148. The van der Waals surface area contributed by atoms with Gasteiger partial charge in [0.1, 0.15) is 30.4 Å². The third-order valence-corrected chi connectivity index (χ3v) is 6.76. The van der Waals surface area contributed by atoms with Crippen LogP contribution in [-0.2, 0) is 14.3 Å². The van der Waals surface area contributed by atoms with Gasteiger partial charge in [-0.05, 0) is 26.7 Å². The molecule has 4 nitrogen and oxygen atoms in total. The summed E-state index contributed by atoms with van der Waals surface area (Å²) in [5.41, 5.74) is 0. The zero-order chi connectivity index (χ0) is 16.8. The lowest BCUT2D eigenvalue weighted by Gasteiger charge is -2.51. The lowest BCUT2D eigenvalue weighted by atomic mass is 9.93. The number of ether oxygens (including phenoxy) is 2. The topological polar surface area (TPSA) is 38.8 Å². The molecule has 0 saturated carbocycles. The number of hydrogen-bond acceptors (Lipinski definition) is 3. The standard InChI is InChI=1S/C19H34NO3/c1-6-8-13(9-7-2)19(21)22-14-10-15-17-18(23-17)16(11-14)20(15,5)12(3)4/h12-18H,6-11H2,1-5H3/q+1/t14?,15-,16-,17-,18+,20?/m0/s1. The Morgan fingerprint density at radius 2 is 1.65 bits per heavy atom. The van der Waals surface area contributed by atoms with E-state index in [0.717, 1.165) is 43.0 Å². The number of esters is 1. The molecular formula is C19H34NO3+. The second-order valence-corrected chi connectivity index (χ2v) is 8.32. The van der Waals surface area contributed by atoms with Crippen molar-refractivity contribution in [3.63, 3.8) is 0 Å². The summed E-state index contributed by atoms with van der Waals surface area (Å²) in [4.78, 5) is 12.6. The van der Waals surface area contributed by atoms with Gasteiger partial charge >= 0.3 is 5.97 Å². The third kappa shape index (κ3) is 2.82. The molecule has 3 aliphatic rings. The molecule has 2 bridgehead atoms. The Bertz CT molecular complexity index is 426. The first-order valence-corrected chi connectivity index (χ1v) is 9.64. The summed E-state index contributed by atoms with van der Waals surface area (Å²) in [7, 11) is 2.38. The van der Waals surface area contributed by atoms with Gasteiger partial charge in [-0.2, -0.15) is 0 Å². The van der Waals surface area contributed by atoms with Gasteiger partial charge in [-0.15, -0.1) is 0 Å². The molecule has 2 unspecified atom stereocenters. The van der Waals surface area contributed by atoms with Crippen LogP contribution < -0.4 is 0 Å². The molecular weight excluding hydrogens is 290 g/mol. The van der Waals surface area contributed by atoms with E-state index in [1.54, 1.807) is 0 Å². The maximum absolute atomic E-state index is 12.6. The molecule has 23 heavy (non-hydrogen) atoms. The Hall–Kier alpha value is -0.610. The number of nitrogens with zero attached hydrogens (tertiary/aromatic N) is 1. The van der Waals surface area contributed by atoms with E-state index in [-0.39, 0.29) is 18.0 Å². The van der Waals surface area contributed by atoms with Crippen molar-refractivity contribution in [3.8, 4) is 0 Å². The van der Waals surface area contributed by atoms with Crippen LogP contribution in [0.15, 0.2) is 0 Å². The summed E-state index contributed by atoms with van der Waals surface area (Å²) in [6, 6.07) is 1.62. The Kier molecular flexibility index (Phi) is 4.76. The number of carbonyl (C=O) groups excluding carboxylic acids is 1. The van der Waals surface area contributed by atoms with Gasteiger partial charge in [0, 0.05) is 12.8 Å². The minimum Gasteiger partial charge on any atom is -0.462 e. The minimum atomic E-state index is 0.0494. The SMILES string of the molecule is CCCC(CCC)C(=O)OC1C[C@H]2[C@@H]3O[C@@H]3[C@H](C1)[N+]2(C)C(C)C. The molecule has 4 heteroatoms. The average Bonchev–Trinajstić information content (AvgIpc) is 3.25. The first-order chi connectivity index (χ1) is 10.9. The lowest BCUT2D eigenvalue weighted by molar-refractivity contribution is -0.974. The van der Waals surface area contributed by atoms with Crippen molar-refractivity contribution in [2.45, 2.75) is 103 Å². The molecule has 0 radical (unpaired) electrons. The van der Waals surface area contributed by atoms with Gasteiger partial charge < -0.3 is 14.0 Å². The zero-order valence-electron chi connectivity index (χ0n) is 15.5. The molecule has 6 atom stereocenters. The summed E-state index contributed by atoms with van der Waals surface area (Å²) >= 11 is 0. The fourth-order valence-electron chi connectivity index (χ4n) is 5.19. The van der Waals surface area contributed by atoms with Crippen LogP contribution in [0.1, 0.15) is 66.2 Å². The highest BCUT2D eigenvalue weighted by molar-refractivity contribution is 5.72. The number of carbonyl (C=O) groups is 1. The Morgan fingerprint density at radius 1 is 1.13 bits per heavy atom. The van der Waals surface area contributed by atoms with Gasteiger partial charge in [0.05, 0.1) is 19.0 Å². The summed E-state index contributed by atoms with van der Waals surface area (Å²) in [6.45, 7) is 8.92. The molecule has 3 heterocycles. The van der Waals surface area contributed by atoms with E-state index >= 15 is 0 Å². The number of piperidine rings is 1. The molecule has 0 amide bonds. The molecule has 0 aromatic carbocycles. The average molecular weight is 324 g/mol. The van der Waals surface area contributed by atoms with Gasteiger partial charge in [-0.25, -0.2) is 0 Å². The summed E-state index contributed by atoms with van der Waals surface area (Å²) in [5, 5.41) is 0. The van der Waals surface area contributed by atoms with Gasteiger partial charge in [-0.1, -0.05) is 26.7 Å². The van der Waals surface area contributed by atoms with Crippen LogP contribution in [0.5, 0.6) is 0 Å². The highest BCUT2D eigenvalue weighted by Crippen LogP contribution is 2.53. The van der Waals surface area contributed by atoms with Gasteiger partial charge in [0.25, 0.3) is 0 Å². The van der Waals surface area contributed by atoms with Gasteiger partial charge in [0.15, 0.2) is 0 Å². The van der Waals surface area contributed by atoms with E-state index in [1.807, 2.05) is 0 Å². The predicted octanol–water partition coefficient (Wildman–Crippen LogP) is 3.28. The number of quaternary nitrogens is 1. The fraction of sp³-hybridized carbons (Fsp3) is 0.947. The largest absolute Gasteiger partial charge is 0.462 e. The highest BCUT2D eigenvalue weighted by atomic mass is 16.6. The van der Waals surface area contributed by atoms with Crippen molar-refractivity contribution in [2.24, 2.45) is 5.92 Å². The van der Waals surface area contributed by atoms with Crippen molar-refractivity contribution in [3.05, 3.63) is 0 Å². The van der Waals surface area contributed by atoms with E-state index < -0.39 is 0 Å². The molecule has 3 fully saturated rings. The van der Waals surface area contributed by atoms with Crippen molar-refractivity contribution in [2.75, 3.05) is 7.05 Å². The monoisotopic (exact) mass is 324 g/mol. The van der Waals surface area contributed by atoms with Crippen LogP contribution in [0.25, 0.3) is 0 Å². The molecule has 0 aliphatic carbocycles. The van der Waals surface area contributed by atoms with Gasteiger partial charge in [-0.3, -0.25) is 4.79 Å². The Morgan fingerprint density at radius 3 is 2.09 bits per heavy atom. The number of morpholine rings is 1. The summed E-state index contributed by atoms with van der Waals surface area (Å²) in [6.07, 6.45) is 6.91. The third-order valence-electron chi connectivity index (χ3n) is 6.76. The molecule has 132 valence electrons. The maximum atomic E-state index is 12.6. The van der Waals surface area contributed by atoms with Crippen molar-refractivity contribution >= 4 is 5.97 Å². The quantitative estimate of drug-likeness (QED) is 0.410. The molecule has 0 N–H and O–H groups in total. The lowest BCUT2D eigenvalue weighted by Crippen LogP contribution is -2.65.